The zero-order valence-corrected chi connectivity index (χ0v) is 27.5. The van der Waals surface area contributed by atoms with Crippen LogP contribution in [-0.4, -0.2) is 53.7 Å². The first-order valence-electron chi connectivity index (χ1n) is 15.1. The highest BCUT2D eigenvalue weighted by molar-refractivity contribution is 5.84. The third kappa shape index (κ3) is 16.4. The van der Waals surface area contributed by atoms with Crippen molar-refractivity contribution < 1.29 is 28.7 Å². The van der Waals surface area contributed by atoms with E-state index in [1.807, 2.05) is 58.0 Å². The third-order valence-electron chi connectivity index (χ3n) is 6.46. The van der Waals surface area contributed by atoms with Gasteiger partial charge in [-0.2, -0.15) is 0 Å². The molecule has 0 aliphatic carbocycles. The standard InChI is InChI=1S/C33H55N3O6/c1-23(22-24-16-12-11-13-17-24)28(38)34-21-15-14-18-26(31(2,3)4)36-30(40)35-25(29(39)42-33(8,9)10)19-20-27(37)41-32(5,6)7/h11-13,16-17,23,25-26H,14-15,18-22H2,1-10H3,(H,34,38)(H2,35,36,40)/t23-,25-,26-/m0/s1. The van der Waals surface area contributed by atoms with Gasteiger partial charge in [0.05, 0.1) is 0 Å². The zero-order chi connectivity index (χ0) is 32.1. The Balaban J connectivity index is 2.66. The molecule has 9 nitrogen and oxygen atoms in total. The number of urea groups is 1. The molecule has 9 heteroatoms. The fourth-order valence-electron chi connectivity index (χ4n) is 4.28. The highest BCUT2D eigenvalue weighted by atomic mass is 16.6. The number of rotatable bonds is 14. The first kappa shape index (κ1) is 36.9. The number of nitrogens with one attached hydrogen (secondary N) is 3. The van der Waals surface area contributed by atoms with Crippen LogP contribution in [0.3, 0.4) is 0 Å². The van der Waals surface area contributed by atoms with Gasteiger partial charge in [0.2, 0.25) is 5.91 Å². The van der Waals surface area contributed by atoms with E-state index in [4.69, 9.17) is 9.47 Å². The van der Waals surface area contributed by atoms with Crippen molar-refractivity contribution in [1.82, 2.24) is 16.0 Å². The quantitative estimate of drug-likeness (QED) is 0.189. The molecule has 0 spiro atoms. The van der Waals surface area contributed by atoms with Crippen LogP contribution in [0.4, 0.5) is 4.79 Å². The molecule has 0 aromatic heterocycles. The summed E-state index contributed by atoms with van der Waals surface area (Å²) in [5.41, 5.74) is -0.506. The van der Waals surface area contributed by atoms with Crippen molar-refractivity contribution in [2.75, 3.05) is 6.54 Å². The summed E-state index contributed by atoms with van der Waals surface area (Å²) in [5.74, 6) is -1.14. The Kier molecular flexibility index (Phi) is 14.5. The van der Waals surface area contributed by atoms with Crippen molar-refractivity contribution in [3.05, 3.63) is 35.9 Å². The predicted octanol–water partition coefficient (Wildman–Crippen LogP) is 5.70. The van der Waals surface area contributed by atoms with E-state index in [-0.39, 0.29) is 36.1 Å². The molecule has 1 rings (SSSR count). The lowest BCUT2D eigenvalue weighted by molar-refractivity contribution is -0.158. The van der Waals surface area contributed by atoms with Gasteiger partial charge in [-0.15, -0.1) is 0 Å². The SMILES string of the molecule is C[C@@H](Cc1ccccc1)C(=O)NCCCC[C@H](NC(=O)N[C@@H](CCC(=O)OC(C)(C)C)C(=O)OC(C)(C)C)C(C)(C)C. The van der Waals surface area contributed by atoms with Crippen LogP contribution in [0.1, 0.15) is 107 Å². The van der Waals surface area contributed by atoms with Crippen LogP contribution in [-0.2, 0) is 30.3 Å². The summed E-state index contributed by atoms with van der Waals surface area (Å²) in [7, 11) is 0. The minimum absolute atomic E-state index is 0.0308. The lowest BCUT2D eigenvalue weighted by Gasteiger charge is -2.32. The Morgan fingerprint density at radius 2 is 1.38 bits per heavy atom. The van der Waals surface area contributed by atoms with Crippen LogP contribution in [0.5, 0.6) is 0 Å². The number of unbranched alkanes of at least 4 members (excludes halogenated alkanes) is 1. The first-order chi connectivity index (χ1) is 19.3. The molecule has 238 valence electrons. The largest absolute Gasteiger partial charge is 0.460 e. The average Bonchev–Trinajstić information content (AvgIpc) is 2.83. The van der Waals surface area contributed by atoms with E-state index in [2.05, 4.69) is 16.0 Å². The monoisotopic (exact) mass is 589 g/mol. The highest BCUT2D eigenvalue weighted by Gasteiger charge is 2.31. The fraction of sp³-hybridized carbons (Fsp3) is 0.697. The number of carbonyl (C=O) groups is 4. The Morgan fingerprint density at radius 3 is 1.93 bits per heavy atom. The van der Waals surface area contributed by atoms with Gasteiger partial charge in [-0.05, 0) is 84.6 Å². The fourth-order valence-corrected chi connectivity index (χ4v) is 4.28. The molecule has 1 aromatic carbocycles. The molecule has 0 bridgehead atoms. The summed E-state index contributed by atoms with van der Waals surface area (Å²) in [6, 6.07) is 8.26. The Morgan fingerprint density at radius 1 is 0.786 bits per heavy atom. The van der Waals surface area contributed by atoms with Crippen molar-refractivity contribution in [2.24, 2.45) is 11.3 Å². The number of ether oxygens (including phenoxy) is 2. The number of benzene rings is 1. The number of amides is 3. The molecule has 0 fully saturated rings. The molecule has 0 heterocycles. The van der Waals surface area contributed by atoms with Gasteiger partial charge in [0.15, 0.2) is 0 Å². The lowest BCUT2D eigenvalue weighted by Crippen LogP contribution is -2.53. The van der Waals surface area contributed by atoms with Gasteiger partial charge < -0.3 is 25.4 Å². The van der Waals surface area contributed by atoms with Crippen LogP contribution in [0.2, 0.25) is 0 Å². The summed E-state index contributed by atoms with van der Waals surface area (Å²) < 4.78 is 10.9. The van der Waals surface area contributed by atoms with Crippen molar-refractivity contribution in [3.8, 4) is 0 Å². The van der Waals surface area contributed by atoms with Crippen LogP contribution in [0.15, 0.2) is 30.3 Å². The second-order valence-electron chi connectivity index (χ2n) is 14.1. The smallest absolute Gasteiger partial charge is 0.329 e. The molecule has 3 atom stereocenters. The van der Waals surface area contributed by atoms with Crippen molar-refractivity contribution in [3.63, 3.8) is 0 Å². The molecule has 1 aromatic rings. The van der Waals surface area contributed by atoms with E-state index in [1.54, 1.807) is 41.5 Å². The second kappa shape index (κ2) is 16.5. The number of carbonyl (C=O) groups excluding carboxylic acids is 4. The van der Waals surface area contributed by atoms with Gasteiger partial charge in [-0.1, -0.05) is 58.0 Å². The van der Waals surface area contributed by atoms with Crippen LogP contribution >= 0.6 is 0 Å². The zero-order valence-electron chi connectivity index (χ0n) is 27.5. The summed E-state index contributed by atoms with van der Waals surface area (Å²) in [4.78, 5) is 50.7. The third-order valence-corrected chi connectivity index (χ3v) is 6.46. The summed E-state index contributed by atoms with van der Waals surface area (Å²) >= 11 is 0. The maximum atomic E-state index is 13.1. The molecule has 0 saturated heterocycles. The molecule has 3 N–H and O–H groups in total. The maximum Gasteiger partial charge on any atom is 0.329 e. The van der Waals surface area contributed by atoms with Gasteiger partial charge in [0.25, 0.3) is 0 Å². The molecule has 0 saturated carbocycles. The minimum Gasteiger partial charge on any atom is -0.460 e. The normalized spacial score (nSPS) is 14.2. The second-order valence-corrected chi connectivity index (χ2v) is 14.1. The molecule has 0 radical (unpaired) electrons. The van der Waals surface area contributed by atoms with E-state index < -0.39 is 35.2 Å². The van der Waals surface area contributed by atoms with Gasteiger partial charge in [-0.3, -0.25) is 9.59 Å². The Hall–Kier alpha value is -3.10. The summed E-state index contributed by atoms with van der Waals surface area (Å²) in [5, 5.41) is 8.76. The van der Waals surface area contributed by atoms with Gasteiger partial charge in [0.1, 0.15) is 17.2 Å². The van der Waals surface area contributed by atoms with E-state index in [9.17, 15) is 19.2 Å². The molecular weight excluding hydrogens is 534 g/mol. The molecular formula is C33H55N3O6. The molecule has 3 amide bonds. The topological polar surface area (TPSA) is 123 Å². The van der Waals surface area contributed by atoms with E-state index in [0.717, 1.165) is 18.4 Å². The average molecular weight is 590 g/mol. The Bertz CT molecular complexity index is 1010. The Labute approximate surface area is 253 Å². The number of hydrogen-bond donors (Lipinski definition) is 3. The number of hydrogen-bond acceptors (Lipinski definition) is 6. The minimum atomic E-state index is -1.01. The van der Waals surface area contributed by atoms with E-state index in [1.165, 1.54) is 0 Å². The summed E-state index contributed by atoms with van der Waals surface area (Å²) in [6.45, 7) is 19.2. The first-order valence-corrected chi connectivity index (χ1v) is 15.1. The van der Waals surface area contributed by atoms with Crippen LogP contribution in [0, 0.1) is 11.3 Å². The molecule has 0 unspecified atom stereocenters. The van der Waals surface area contributed by atoms with Gasteiger partial charge >= 0.3 is 18.0 Å². The van der Waals surface area contributed by atoms with Gasteiger partial charge in [0, 0.05) is 24.9 Å². The van der Waals surface area contributed by atoms with Crippen LogP contribution in [0.25, 0.3) is 0 Å². The van der Waals surface area contributed by atoms with Crippen molar-refractivity contribution >= 4 is 23.9 Å². The van der Waals surface area contributed by atoms with Crippen molar-refractivity contribution in [1.29, 1.82) is 0 Å². The van der Waals surface area contributed by atoms with Crippen LogP contribution < -0.4 is 16.0 Å². The molecule has 0 aliphatic heterocycles. The number of esters is 2. The summed E-state index contributed by atoms with van der Waals surface area (Å²) in [6.07, 6.45) is 2.97. The lowest BCUT2D eigenvalue weighted by atomic mass is 9.84. The van der Waals surface area contributed by atoms with E-state index >= 15 is 0 Å². The van der Waals surface area contributed by atoms with Gasteiger partial charge in [-0.25, -0.2) is 9.59 Å². The maximum absolute atomic E-state index is 13.1. The predicted molar refractivity (Wildman–Crippen MR) is 166 cm³/mol. The highest BCUT2D eigenvalue weighted by Crippen LogP contribution is 2.23. The van der Waals surface area contributed by atoms with E-state index in [0.29, 0.717) is 19.4 Å². The molecule has 0 aliphatic rings. The molecule has 42 heavy (non-hydrogen) atoms. The van der Waals surface area contributed by atoms with Crippen molar-refractivity contribution in [2.45, 2.75) is 131 Å².